The van der Waals surface area contributed by atoms with Gasteiger partial charge < -0.3 is 4.90 Å². The summed E-state index contributed by atoms with van der Waals surface area (Å²) in [6, 6.07) is 12.9. The summed E-state index contributed by atoms with van der Waals surface area (Å²) in [4.78, 5) is 40.1. The molecule has 1 amide bonds. The largest absolute Gasteiger partial charge is 0.334 e. The number of hydrogen-bond acceptors (Lipinski definition) is 5. The van der Waals surface area contributed by atoms with Gasteiger partial charge in [0.15, 0.2) is 5.65 Å². The summed E-state index contributed by atoms with van der Waals surface area (Å²) in [5.41, 5.74) is 2.79. The van der Waals surface area contributed by atoms with Gasteiger partial charge in [0.25, 0.3) is 11.5 Å². The van der Waals surface area contributed by atoms with Crippen LogP contribution in [0.2, 0.25) is 0 Å². The van der Waals surface area contributed by atoms with Gasteiger partial charge in [-0.2, -0.15) is 4.98 Å². The quantitative estimate of drug-likeness (QED) is 0.519. The highest BCUT2D eigenvalue weighted by Gasteiger charge is 2.22. The monoisotopic (exact) mass is 397 g/mol. The van der Waals surface area contributed by atoms with Crippen LogP contribution in [0.3, 0.4) is 0 Å². The lowest BCUT2D eigenvalue weighted by Crippen LogP contribution is -2.35. The first-order chi connectivity index (χ1) is 14.6. The Hall–Kier alpha value is -3.87. The van der Waals surface area contributed by atoms with Crippen molar-refractivity contribution in [3.63, 3.8) is 0 Å². The Morgan fingerprint density at radius 3 is 2.60 bits per heavy atom. The number of hydrogen-bond donors (Lipinski definition) is 0. The summed E-state index contributed by atoms with van der Waals surface area (Å²) in [7, 11) is 0. The normalized spacial score (nSPS) is 14.2. The predicted molar refractivity (Wildman–Crippen MR) is 115 cm³/mol. The molecule has 0 fully saturated rings. The van der Waals surface area contributed by atoms with Gasteiger partial charge in [0.1, 0.15) is 5.82 Å². The molecule has 0 spiro atoms. The van der Waals surface area contributed by atoms with Crippen molar-refractivity contribution in [1.29, 1.82) is 0 Å². The van der Waals surface area contributed by atoms with Crippen molar-refractivity contribution in [3.8, 4) is 0 Å². The number of aromatic nitrogens is 4. The van der Waals surface area contributed by atoms with Crippen molar-refractivity contribution in [3.05, 3.63) is 82.7 Å². The number of carbonyl (C=O) groups excluding carboxylic acids is 1. The van der Waals surface area contributed by atoms with Gasteiger partial charge in [-0.3, -0.25) is 19.1 Å². The molecule has 0 saturated heterocycles. The van der Waals surface area contributed by atoms with Gasteiger partial charge in [-0.15, -0.1) is 0 Å². The third-order valence-corrected chi connectivity index (χ3v) is 5.45. The topological polar surface area (TPSA) is 81.0 Å². The van der Waals surface area contributed by atoms with Crippen LogP contribution >= 0.6 is 0 Å². The van der Waals surface area contributed by atoms with Gasteiger partial charge in [-0.05, 0) is 43.3 Å². The highest BCUT2D eigenvalue weighted by molar-refractivity contribution is 6.06. The van der Waals surface area contributed by atoms with E-state index >= 15 is 0 Å². The second-order valence-corrected chi connectivity index (χ2v) is 7.25. The first-order valence-corrected chi connectivity index (χ1v) is 9.80. The van der Waals surface area contributed by atoms with Gasteiger partial charge in [0.2, 0.25) is 0 Å². The maximum atomic E-state index is 13.2. The molecule has 0 radical (unpaired) electrons. The molecule has 30 heavy (non-hydrogen) atoms. The molecule has 0 unspecified atom stereocenters. The Balaban J connectivity index is 1.49. The van der Waals surface area contributed by atoms with Crippen molar-refractivity contribution in [2.24, 2.45) is 0 Å². The molecular formula is C23H19N5O2. The molecule has 7 nitrogen and oxygen atoms in total. The Labute approximate surface area is 172 Å². The molecule has 0 saturated carbocycles. The van der Waals surface area contributed by atoms with E-state index in [1.54, 1.807) is 31.5 Å². The maximum Gasteiger partial charge on any atom is 0.282 e. The zero-order valence-electron chi connectivity index (χ0n) is 16.4. The van der Waals surface area contributed by atoms with Crippen LogP contribution in [0.1, 0.15) is 22.6 Å². The smallest absolute Gasteiger partial charge is 0.282 e. The lowest BCUT2D eigenvalue weighted by molar-refractivity contribution is 0.0774. The number of fused-ring (bicyclic) bond motifs is 2. The summed E-state index contributed by atoms with van der Waals surface area (Å²) >= 11 is 0. The van der Waals surface area contributed by atoms with Crippen LogP contribution < -0.4 is 5.56 Å². The molecule has 1 aliphatic rings. The predicted octanol–water partition coefficient (Wildman–Crippen LogP) is 3.04. The molecule has 0 bridgehead atoms. The van der Waals surface area contributed by atoms with Gasteiger partial charge in [0, 0.05) is 48.6 Å². The fraction of sp³-hybridized carbons (Fsp3) is 0.174. The van der Waals surface area contributed by atoms with Crippen LogP contribution in [-0.4, -0.2) is 43.4 Å². The fourth-order valence-electron chi connectivity index (χ4n) is 4.00. The van der Waals surface area contributed by atoms with Gasteiger partial charge in [-0.1, -0.05) is 12.1 Å². The summed E-state index contributed by atoms with van der Waals surface area (Å²) in [5.74, 6) is 0.582. The second-order valence-electron chi connectivity index (χ2n) is 7.25. The van der Waals surface area contributed by atoms with E-state index in [9.17, 15) is 9.59 Å². The van der Waals surface area contributed by atoms with Gasteiger partial charge in [0.05, 0.1) is 10.9 Å². The molecule has 4 heterocycles. The van der Waals surface area contributed by atoms with Crippen LogP contribution in [0.5, 0.6) is 0 Å². The Morgan fingerprint density at radius 2 is 1.80 bits per heavy atom. The fourth-order valence-corrected chi connectivity index (χ4v) is 4.00. The van der Waals surface area contributed by atoms with Crippen molar-refractivity contribution >= 4 is 33.5 Å². The number of nitrogens with zero attached hydrogens (tertiary/aromatic N) is 5. The molecule has 4 aromatic rings. The van der Waals surface area contributed by atoms with E-state index in [0.29, 0.717) is 41.9 Å². The zero-order valence-corrected chi connectivity index (χ0v) is 16.4. The van der Waals surface area contributed by atoms with Gasteiger partial charge >= 0.3 is 0 Å². The second kappa shape index (κ2) is 7.18. The van der Waals surface area contributed by atoms with E-state index in [-0.39, 0.29) is 11.5 Å². The Bertz CT molecular complexity index is 1380. The highest BCUT2D eigenvalue weighted by atomic mass is 16.2. The third-order valence-electron chi connectivity index (χ3n) is 5.45. The van der Waals surface area contributed by atoms with E-state index in [2.05, 4.69) is 15.0 Å². The molecule has 3 aromatic heterocycles. The van der Waals surface area contributed by atoms with Crippen LogP contribution in [0.15, 0.2) is 65.7 Å². The van der Waals surface area contributed by atoms with Crippen LogP contribution in [-0.2, 0) is 0 Å². The minimum absolute atomic E-state index is 0.0124. The van der Waals surface area contributed by atoms with Crippen LogP contribution in [0, 0.1) is 6.92 Å². The molecule has 0 N–H and O–H groups in total. The molecule has 5 rings (SSSR count). The number of rotatable bonds is 2. The number of benzene rings is 1. The number of aryl methyl sites for hydroxylation is 1. The molecule has 0 aliphatic carbocycles. The summed E-state index contributed by atoms with van der Waals surface area (Å²) in [6.07, 6.45) is 6.06. The van der Waals surface area contributed by atoms with Crippen molar-refractivity contribution in [2.75, 3.05) is 13.1 Å². The van der Waals surface area contributed by atoms with E-state index in [4.69, 9.17) is 0 Å². The SMILES string of the molecule is Cc1nc(=O)c2cccnc2n1C1=CCN(C(=O)c2cccc3ncccc23)CC1. The van der Waals surface area contributed by atoms with E-state index in [1.807, 2.05) is 45.9 Å². The number of amides is 1. The molecule has 148 valence electrons. The number of pyridine rings is 2. The Kier molecular flexibility index (Phi) is 4.35. The third kappa shape index (κ3) is 2.95. The minimum Gasteiger partial charge on any atom is -0.334 e. The van der Waals surface area contributed by atoms with E-state index in [1.165, 1.54) is 0 Å². The van der Waals surface area contributed by atoms with Gasteiger partial charge in [-0.25, -0.2) is 4.98 Å². The van der Waals surface area contributed by atoms with Crippen molar-refractivity contribution < 1.29 is 4.79 Å². The zero-order chi connectivity index (χ0) is 20.7. The van der Waals surface area contributed by atoms with Crippen LogP contribution in [0.25, 0.3) is 27.6 Å². The van der Waals surface area contributed by atoms with E-state index < -0.39 is 0 Å². The average molecular weight is 397 g/mol. The Morgan fingerprint density at radius 1 is 1.00 bits per heavy atom. The molecule has 1 aromatic carbocycles. The first-order valence-electron chi connectivity index (χ1n) is 9.80. The summed E-state index contributed by atoms with van der Waals surface area (Å²) in [5, 5.41) is 1.35. The van der Waals surface area contributed by atoms with Crippen molar-refractivity contribution in [2.45, 2.75) is 13.3 Å². The van der Waals surface area contributed by atoms with Crippen molar-refractivity contribution in [1.82, 2.24) is 24.4 Å². The molecule has 7 heteroatoms. The molecular weight excluding hydrogens is 378 g/mol. The maximum absolute atomic E-state index is 13.2. The average Bonchev–Trinajstić information content (AvgIpc) is 2.79. The molecule has 0 atom stereocenters. The van der Waals surface area contributed by atoms with E-state index in [0.717, 1.165) is 16.6 Å². The number of carbonyl (C=O) groups is 1. The molecule has 1 aliphatic heterocycles. The standard InChI is InChI=1S/C23H19N5O2/c1-15-26-22(29)19-7-4-12-25-21(19)28(15)16-9-13-27(14-10-16)23(30)18-5-2-8-20-17(18)6-3-11-24-20/h2-9,11-12H,10,13-14H2,1H3. The first kappa shape index (κ1) is 18.2. The summed E-state index contributed by atoms with van der Waals surface area (Å²) < 4.78 is 1.92. The highest BCUT2D eigenvalue weighted by Crippen LogP contribution is 2.24. The lowest BCUT2D eigenvalue weighted by atomic mass is 10.1. The van der Waals surface area contributed by atoms with Crippen LogP contribution in [0.4, 0.5) is 0 Å². The summed E-state index contributed by atoms with van der Waals surface area (Å²) in [6.45, 7) is 2.85. The lowest BCUT2D eigenvalue weighted by Gasteiger charge is -2.28. The minimum atomic E-state index is -0.273.